The van der Waals surface area contributed by atoms with Gasteiger partial charge in [-0.15, -0.1) is 11.3 Å². The minimum atomic E-state index is -4.63. The van der Waals surface area contributed by atoms with Gasteiger partial charge in [0.1, 0.15) is 22.1 Å². The number of nitrogen functional groups attached to an aromatic ring is 1. The molecule has 214 valence electrons. The number of thiazole rings is 1. The van der Waals surface area contributed by atoms with Gasteiger partial charge in [0.25, 0.3) is 0 Å². The van der Waals surface area contributed by atoms with Crippen molar-refractivity contribution in [3.8, 4) is 21.6 Å². The van der Waals surface area contributed by atoms with Gasteiger partial charge in [0.15, 0.2) is 0 Å². The number of aromatic nitrogens is 4. The second-order valence-electron chi connectivity index (χ2n) is 10.8. The zero-order chi connectivity index (χ0) is 29.6. The van der Waals surface area contributed by atoms with Gasteiger partial charge in [-0.05, 0) is 72.2 Å². The molecule has 41 heavy (non-hydrogen) atoms. The molecule has 4 aromatic rings. The summed E-state index contributed by atoms with van der Waals surface area (Å²) in [6.07, 6.45) is 0.432. The van der Waals surface area contributed by atoms with Crippen molar-refractivity contribution in [2.45, 2.75) is 44.9 Å². The Balaban J connectivity index is 1.52. The lowest BCUT2D eigenvalue weighted by atomic mass is 9.63. The number of carbonyl (C=O) groups is 1. The lowest BCUT2D eigenvalue weighted by molar-refractivity contribution is -0.154. The minimum absolute atomic E-state index is 0.227. The van der Waals surface area contributed by atoms with Crippen molar-refractivity contribution in [3.05, 3.63) is 65.7 Å². The molecule has 13 heteroatoms. The number of hydrogen-bond acceptors (Lipinski definition) is 9. The normalized spacial score (nSPS) is 20.5. The number of nitrogens with two attached hydrogens (primary N) is 1. The van der Waals surface area contributed by atoms with Crippen molar-refractivity contribution in [1.82, 2.24) is 19.9 Å². The molecule has 9 nitrogen and oxygen atoms in total. The maximum Gasteiger partial charge on any atom is 0.433 e. The van der Waals surface area contributed by atoms with E-state index >= 15 is 0 Å². The molecule has 3 aromatic heterocycles. The van der Waals surface area contributed by atoms with E-state index in [1.54, 1.807) is 36.7 Å². The molecule has 0 saturated heterocycles. The molecule has 5 rings (SSSR count). The lowest BCUT2D eigenvalue weighted by Crippen LogP contribution is -2.44. The molecule has 0 unspecified atom stereocenters. The fourth-order valence-corrected chi connectivity index (χ4v) is 6.31. The van der Waals surface area contributed by atoms with Crippen LogP contribution in [0.5, 0.6) is 0 Å². The number of rotatable bonds is 6. The summed E-state index contributed by atoms with van der Waals surface area (Å²) < 4.78 is 39.6. The topological polar surface area (TPSA) is 147 Å². The number of hydrogen-bond donors (Lipinski definition) is 4. The maximum atomic E-state index is 13.2. The van der Waals surface area contributed by atoms with Crippen molar-refractivity contribution in [2.75, 3.05) is 11.1 Å². The van der Waals surface area contributed by atoms with Gasteiger partial charge in [0.05, 0.1) is 10.8 Å². The Labute approximate surface area is 237 Å². The predicted octanol–water partition coefficient (Wildman–Crippen LogP) is 6.11. The van der Waals surface area contributed by atoms with E-state index in [1.165, 1.54) is 11.3 Å². The lowest BCUT2D eigenvalue weighted by Gasteiger charge is -2.44. The predicted molar refractivity (Wildman–Crippen MR) is 148 cm³/mol. The van der Waals surface area contributed by atoms with E-state index in [4.69, 9.17) is 5.73 Å². The molecular weight excluding hydrogens is 557 g/mol. The van der Waals surface area contributed by atoms with E-state index in [0.717, 1.165) is 12.3 Å². The highest BCUT2D eigenvalue weighted by molar-refractivity contribution is 7.15. The second-order valence-corrected chi connectivity index (χ2v) is 11.8. The Morgan fingerprint density at radius 1 is 1.07 bits per heavy atom. The van der Waals surface area contributed by atoms with Gasteiger partial charge >= 0.3 is 12.1 Å². The van der Waals surface area contributed by atoms with Gasteiger partial charge in [-0.25, -0.2) is 19.9 Å². The summed E-state index contributed by atoms with van der Waals surface area (Å²) >= 11 is 1.28. The molecule has 1 saturated carbocycles. The monoisotopic (exact) mass is 584 g/mol. The smallest absolute Gasteiger partial charge is 0.433 e. The number of alkyl halides is 3. The van der Waals surface area contributed by atoms with Crippen molar-refractivity contribution in [1.29, 1.82) is 0 Å². The highest BCUT2D eigenvalue weighted by Gasteiger charge is 2.49. The Bertz CT molecular complexity index is 1590. The summed E-state index contributed by atoms with van der Waals surface area (Å²) in [5.41, 5.74) is 5.25. The second kappa shape index (κ2) is 10.4. The van der Waals surface area contributed by atoms with Crippen LogP contribution < -0.4 is 11.1 Å². The van der Waals surface area contributed by atoms with Crippen molar-refractivity contribution in [3.63, 3.8) is 0 Å². The van der Waals surface area contributed by atoms with E-state index in [2.05, 4.69) is 25.3 Å². The number of aliphatic hydroxyl groups is 1. The van der Waals surface area contributed by atoms with Gasteiger partial charge in [-0.3, -0.25) is 4.79 Å². The first kappa shape index (κ1) is 28.4. The van der Waals surface area contributed by atoms with Gasteiger partial charge in [-0.2, -0.15) is 13.2 Å². The van der Waals surface area contributed by atoms with Crippen LogP contribution in [0.4, 0.5) is 30.6 Å². The minimum Gasteiger partial charge on any atom is -0.481 e. The number of benzene rings is 1. The fraction of sp³-hybridized carbons (Fsp3) is 0.321. The largest absolute Gasteiger partial charge is 0.481 e. The zero-order valence-electron chi connectivity index (χ0n) is 22.1. The summed E-state index contributed by atoms with van der Waals surface area (Å²) in [6.45, 7) is 3.67. The molecule has 2 atom stereocenters. The molecule has 0 bridgehead atoms. The average Bonchev–Trinajstić information content (AvgIpc) is 3.39. The van der Waals surface area contributed by atoms with Crippen LogP contribution in [0.25, 0.3) is 21.6 Å². The number of anilines is 3. The Hall–Kier alpha value is -4.10. The van der Waals surface area contributed by atoms with Crippen molar-refractivity contribution in [2.24, 2.45) is 11.3 Å². The number of pyridine rings is 1. The molecule has 0 aliphatic heterocycles. The zero-order valence-corrected chi connectivity index (χ0v) is 22.9. The van der Waals surface area contributed by atoms with Crippen LogP contribution in [-0.2, 0) is 16.6 Å². The molecule has 1 fully saturated rings. The number of aliphatic carboxylic acids is 1. The number of nitrogens with zero attached hydrogens (tertiary/aromatic N) is 4. The SMILES string of the molecule is CC1(C)C[C@@](O)(c2ncc(-c3cc(Nc4nccc(C(F)(F)F)n4)cc(-c4ccc(N)nc4)c3)s2)CC[C@@H]1C(=O)O. The first-order valence-electron chi connectivity index (χ1n) is 12.7. The molecule has 0 spiro atoms. The van der Waals surface area contributed by atoms with Crippen LogP contribution in [0, 0.1) is 11.3 Å². The van der Waals surface area contributed by atoms with Crippen LogP contribution in [0.3, 0.4) is 0 Å². The van der Waals surface area contributed by atoms with E-state index < -0.39 is 34.8 Å². The summed E-state index contributed by atoms with van der Waals surface area (Å²) in [4.78, 5) is 28.6. The number of carboxylic acid groups (broad SMARTS) is 1. The molecular formula is C28H27F3N6O3S. The Morgan fingerprint density at radius 3 is 2.49 bits per heavy atom. The first-order valence-corrected chi connectivity index (χ1v) is 13.5. The molecule has 0 amide bonds. The number of carboxylic acids is 1. The van der Waals surface area contributed by atoms with E-state index in [9.17, 15) is 28.2 Å². The third kappa shape index (κ3) is 6.00. The first-order chi connectivity index (χ1) is 19.2. The molecule has 1 aromatic carbocycles. The standard InChI is InChI=1S/C28H27F3N6O3S/c1-26(2)14-27(40,7-5-19(26)23(38)39)24-35-13-20(41-24)17-9-16(15-3-4-22(32)34-12-15)10-18(11-17)36-25-33-8-6-21(37-25)28(29,30)31/h3-4,6,8-13,19,40H,5,7,14H2,1-2H3,(H2,32,34)(H,38,39)(H,33,36,37)/t19-,27-/m1/s1. The summed E-state index contributed by atoms with van der Waals surface area (Å²) in [5, 5.41) is 24.5. The van der Waals surface area contributed by atoms with Crippen LogP contribution in [0.1, 0.15) is 43.8 Å². The third-order valence-electron chi connectivity index (χ3n) is 7.28. The summed E-state index contributed by atoms with van der Waals surface area (Å²) in [5.74, 6) is -1.34. The summed E-state index contributed by atoms with van der Waals surface area (Å²) in [6, 6.07) is 9.53. The Kier molecular flexibility index (Phi) is 7.20. The van der Waals surface area contributed by atoms with Gasteiger partial charge < -0.3 is 21.3 Å². The fourth-order valence-electron chi connectivity index (χ4n) is 5.29. The van der Waals surface area contributed by atoms with Crippen LogP contribution in [0.15, 0.2) is 55.0 Å². The molecule has 5 N–H and O–H groups in total. The van der Waals surface area contributed by atoms with E-state index in [1.807, 2.05) is 19.9 Å². The number of nitrogens with one attached hydrogen (secondary N) is 1. The third-order valence-corrected chi connectivity index (χ3v) is 8.52. The van der Waals surface area contributed by atoms with Gasteiger partial charge in [-0.1, -0.05) is 13.8 Å². The number of halogens is 3. The molecule has 0 radical (unpaired) electrons. The molecule has 1 aliphatic rings. The maximum absolute atomic E-state index is 13.2. The highest BCUT2D eigenvalue weighted by Crippen LogP contribution is 2.51. The summed E-state index contributed by atoms with van der Waals surface area (Å²) in [7, 11) is 0. The van der Waals surface area contributed by atoms with E-state index in [-0.39, 0.29) is 18.8 Å². The van der Waals surface area contributed by atoms with Crippen molar-refractivity contribution < 1.29 is 28.2 Å². The van der Waals surface area contributed by atoms with Crippen LogP contribution in [0.2, 0.25) is 0 Å². The molecule has 1 aliphatic carbocycles. The van der Waals surface area contributed by atoms with E-state index in [0.29, 0.717) is 44.5 Å². The van der Waals surface area contributed by atoms with Crippen LogP contribution in [-0.4, -0.2) is 36.1 Å². The Morgan fingerprint density at radius 2 is 1.83 bits per heavy atom. The van der Waals surface area contributed by atoms with Gasteiger partial charge in [0.2, 0.25) is 5.95 Å². The molecule has 3 heterocycles. The van der Waals surface area contributed by atoms with Gasteiger partial charge in [0, 0.05) is 29.8 Å². The quantitative estimate of drug-likeness (QED) is 0.211. The highest BCUT2D eigenvalue weighted by atomic mass is 32.1. The average molecular weight is 585 g/mol. The van der Waals surface area contributed by atoms with Crippen molar-refractivity contribution >= 4 is 34.8 Å². The van der Waals surface area contributed by atoms with Crippen LogP contribution >= 0.6 is 11.3 Å².